The highest BCUT2D eigenvalue weighted by Gasteiger charge is 2.39. The topological polar surface area (TPSA) is 108 Å². The van der Waals surface area contributed by atoms with Gasteiger partial charge in [-0.15, -0.1) is 0 Å². The van der Waals surface area contributed by atoms with E-state index in [1.165, 1.54) is 0 Å². The number of alkyl carbamates (subject to hydrolysis) is 1. The molecule has 216 valence electrons. The molecule has 0 aliphatic rings. The molecule has 3 amide bonds. The number of hydrogen-bond acceptors (Lipinski definition) is 5. The number of aliphatic hydroxyl groups excluding tert-OH is 1. The molecule has 0 heterocycles. The summed E-state index contributed by atoms with van der Waals surface area (Å²) >= 11 is 0. The Morgan fingerprint density at radius 1 is 1.03 bits per heavy atom. The summed E-state index contributed by atoms with van der Waals surface area (Å²) in [6.07, 6.45) is 3.59. The maximum Gasteiger partial charge on any atom is 0.408 e. The van der Waals surface area contributed by atoms with E-state index < -0.39 is 36.3 Å². The standard InChI is InChI=1S/C30H51N3O5/c1-10-11-12-18-31-27(35)26(25-21(4)14-13-15-22(25)5)33(23(6)17-16-20(2)3)28(36)24(19-34)32-29(37)38-30(7,8)9/h13-15,20,23-24,26,34H,10-12,16-19H2,1-9H3,(H,31,35)(H,32,37). The molecule has 0 saturated carbocycles. The molecule has 8 nitrogen and oxygen atoms in total. The minimum Gasteiger partial charge on any atom is -0.444 e. The Morgan fingerprint density at radius 3 is 2.13 bits per heavy atom. The number of carbonyl (C=O) groups excluding carboxylic acids is 3. The van der Waals surface area contributed by atoms with Crippen molar-refractivity contribution < 1.29 is 24.2 Å². The zero-order valence-electron chi connectivity index (χ0n) is 25.0. The SMILES string of the molecule is CCCCCNC(=O)C(c1c(C)cccc1C)N(C(=O)C(CO)NC(=O)OC(C)(C)C)C(C)CCC(C)C. The van der Waals surface area contributed by atoms with Gasteiger partial charge in [0.2, 0.25) is 11.8 Å². The molecule has 0 aliphatic heterocycles. The molecule has 0 spiro atoms. The third kappa shape index (κ3) is 10.6. The number of benzene rings is 1. The van der Waals surface area contributed by atoms with Gasteiger partial charge < -0.3 is 25.4 Å². The van der Waals surface area contributed by atoms with Crippen LogP contribution in [-0.4, -0.2) is 58.8 Å². The summed E-state index contributed by atoms with van der Waals surface area (Å²) in [4.78, 5) is 42.0. The Bertz CT molecular complexity index is 889. The van der Waals surface area contributed by atoms with Gasteiger partial charge in [-0.3, -0.25) is 9.59 Å². The minimum absolute atomic E-state index is 0.266. The Morgan fingerprint density at radius 2 is 1.63 bits per heavy atom. The number of aliphatic hydroxyl groups is 1. The number of carbonyl (C=O) groups is 3. The van der Waals surface area contributed by atoms with E-state index >= 15 is 0 Å². The molecule has 3 atom stereocenters. The first-order valence-corrected chi connectivity index (χ1v) is 14.0. The molecule has 3 unspecified atom stereocenters. The molecule has 0 radical (unpaired) electrons. The quantitative estimate of drug-likeness (QED) is 0.285. The molecule has 0 fully saturated rings. The van der Waals surface area contributed by atoms with E-state index in [1.54, 1.807) is 25.7 Å². The summed E-state index contributed by atoms with van der Waals surface area (Å²) in [5.74, 6) is -0.382. The normalized spacial score (nSPS) is 14.0. The number of nitrogens with one attached hydrogen (secondary N) is 2. The van der Waals surface area contributed by atoms with E-state index in [0.29, 0.717) is 18.9 Å². The van der Waals surface area contributed by atoms with Crippen molar-refractivity contribution in [2.45, 2.75) is 118 Å². The van der Waals surface area contributed by atoms with Crippen LogP contribution in [0.2, 0.25) is 0 Å². The average molecular weight is 534 g/mol. The summed E-state index contributed by atoms with van der Waals surface area (Å²) in [7, 11) is 0. The van der Waals surface area contributed by atoms with Crippen LogP contribution in [0.3, 0.4) is 0 Å². The predicted molar refractivity (Wildman–Crippen MR) is 152 cm³/mol. The number of unbranched alkanes of at least 4 members (excludes halogenated alkanes) is 2. The van der Waals surface area contributed by atoms with E-state index in [-0.39, 0.29) is 11.9 Å². The molecule has 1 rings (SSSR count). The number of amides is 3. The largest absolute Gasteiger partial charge is 0.444 e. The van der Waals surface area contributed by atoms with Crippen LogP contribution < -0.4 is 10.6 Å². The summed E-state index contributed by atoms with van der Waals surface area (Å²) in [5, 5.41) is 15.7. The van der Waals surface area contributed by atoms with Crippen molar-refractivity contribution in [3.8, 4) is 0 Å². The molecule has 1 aromatic carbocycles. The lowest BCUT2D eigenvalue weighted by Gasteiger charge is -2.39. The van der Waals surface area contributed by atoms with E-state index in [2.05, 4.69) is 31.4 Å². The first-order chi connectivity index (χ1) is 17.7. The average Bonchev–Trinajstić information content (AvgIpc) is 2.81. The van der Waals surface area contributed by atoms with Gasteiger partial charge in [0.15, 0.2) is 0 Å². The third-order valence-electron chi connectivity index (χ3n) is 6.48. The lowest BCUT2D eigenvalue weighted by molar-refractivity contribution is -0.146. The Hall–Kier alpha value is -2.61. The van der Waals surface area contributed by atoms with Crippen molar-refractivity contribution in [3.63, 3.8) is 0 Å². The second kappa shape index (κ2) is 15.7. The van der Waals surface area contributed by atoms with E-state index in [9.17, 15) is 19.5 Å². The molecule has 38 heavy (non-hydrogen) atoms. The van der Waals surface area contributed by atoms with Crippen LogP contribution in [0.1, 0.15) is 103 Å². The molecular formula is C30H51N3O5. The Kier molecular flexibility index (Phi) is 13.8. The van der Waals surface area contributed by atoms with Crippen LogP contribution in [-0.2, 0) is 14.3 Å². The highest BCUT2D eigenvalue weighted by atomic mass is 16.6. The van der Waals surface area contributed by atoms with Crippen molar-refractivity contribution in [2.24, 2.45) is 5.92 Å². The fraction of sp³-hybridized carbons (Fsp3) is 0.700. The van der Waals surface area contributed by atoms with Gasteiger partial charge >= 0.3 is 6.09 Å². The van der Waals surface area contributed by atoms with Crippen LogP contribution >= 0.6 is 0 Å². The smallest absolute Gasteiger partial charge is 0.408 e. The highest BCUT2D eigenvalue weighted by molar-refractivity contribution is 5.92. The Labute approximate surface area is 229 Å². The van der Waals surface area contributed by atoms with Gasteiger partial charge in [-0.2, -0.15) is 0 Å². The first kappa shape index (κ1) is 33.4. The van der Waals surface area contributed by atoms with Crippen LogP contribution in [0, 0.1) is 19.8 Å². The van der Waals surface area contributed by atoms with E-state index in [1.807, 2.05) is 39.0 Å². The fourth-order valence-corrected chi connectivity index (χ4v) is 4.47. The summed E-state index contributed by atoms with van der Waals surface area (Å²) in [6, 6.07) is 3.30. The molecule has 3 N–H and O–H groups in total. The number of hydrogen-bond donors (Lipinski definition) is 3. The number of ether oxygens (including phenoxy) is 1. The predicted octanol–water partition coefficient (Wildman–Crippen LogP) is 5.19. The van der Waals surface area contributed by atoms with Gasteiger partial charge in [0.05, 0.1) is 6.61 Å². The number of aryl methyl sites for hydroxylation is 2. The first-order valence-electron chi connectivity index (χ1n) is 14.0. The molecule has 8 heteroatoms. The van der Waals surface area contributed by atoms with Gasteiger partial charge in [0.1, 0.15) is 17.7 Å². The lowest BCUT2D eigenvalue weighted by atomic mass is 9.91. The van der Waals surface area contributed by atoms with Gasteiger partial charge in [0, 0.05) is 12.6 Å². The van der Waals surface area contributed by atoms with E-state index in [0.717, 1.165) is 42.4 Å². The zero-order chi connectivity index (χ0) is 29.0. The number of nitrogens with zero attached hydrogens (tertiary/aromatic N) is 1. The van der Waals surface area contributed by atoms with Crippen molar-refractivity contribution in [1.29, 1.82) is 0 Å². The molecule has 0 aromatic heterocycles. The molecule has 0 saturated heterocycles. The fourth-order valence-electron chi connectivity index (χ4n) is 4.47. The zero-order valence-corrected chi connectivity index (χ0v) is 25.0. The lowest BCUT2D eigenvalue weighted by Crippen LogP contribution is -2.57. The van der Waals surface area contributed by atoms with Gasteiger partial charge in [-0.05, 0) is 83.4 Å². The second-order valence-corrected chi connectivity index (χ2v) is 11.7. The van der Waals surface area contributed by atoms with Crippen molar-refractivity contribution in [2.75, 3.05) is 13.2 Å². The maximum atomic E-state index is 14.1. The van der Waals surface area contributed by atoms with Crippen molar-refractivity contribution in [3.05, 3.63) is 34.9 Å². The van der Waals surface area contributed by atoms with Gasteiger partial charge in [-0.1, -0.05) is 51.8 Å². The van der Waals surface area contributed by atoms with Gasteiger partial charge in [-0.25, -0.2) is 4.79 Å². The highest BCUT2D eigenvalue weighted by Crippen LogP contribution is 2.31. The molecular weight excluding hydrogens is 482 g/mol. The third-order valence-corrected chi connectivity index (χ3v) is 6.48. The molecule has 0 bridgehead atoms. The van der Waals surface area contributed by atoms with Crippen LogP contribution in [0.5, 0.6) is 0 Å². The van der Waals surface area contributed by atoms with Crippen LogP contribution in [0.4, 0.5) is 4.79 Å². The summed E-state index contributed by atoms with van der Waals surface area (Å²) in [5.41, 5.74) is 1.79. The number of rotatable bonds is 14. The second-order valence-electron chi connectivity index (χ2n) is 11.7. The molecule has 1 aromatic rings. The monoisotopic (exact) mass is 533 g/mol. The molecule has 0 aliphatic carbocycles. The Balaban J connectivity index is 3.56. The van der Waals surface area contributed by atoms with Gasteiger partial charge in [0.25, 0.3) is 0 Å². The summed E-state index contributed by atoms with van der Waals surface area (Å²) in [6.45, 7) is 17.2. The summed E-state index contributed by atoms with van der Waals surface area (Å²) < 4.78 is 5.34. The van der Waals surface area contributed by atoms with Crippen molar-refractivity contribution >= 4 is 17.9 Å². The van der Waals surface area contributed by atoms with Crippen LogP contribution in [0.15, 0.2) is 18.2 Å². The van der Waals surface area contributed by atoms with Crippen molar-refractivity contribution in [1.82, 2.24) is 15.5 Å². The van der Waals surface area contributed by atoms with E-state index in [4.69, 9.17) is 4.74 Å². The maximum absolute atomic E-state index is 14.1. The van der Waals surface area contributed by atoms with Crippen LogP contribution in [0.25, 0.3) is 0 Å². The minimum atomic E-state index is -1.26.